The van der Waals surface area contributed by atoms with Crippen molar-refractivity contribution in [1.82, 2.24) is 4.90 Å². The van der Waals surface area contributed by atoms with Gasteiger partial charge >= 0.3 is 0 Å². The van der Waals surface area contributed by atoms with E-state index in [9.17, 15) is 19.3 Å². The van der Waals surface area contributed by atoms with Gasteiger partial charge in [-0.2, -0.15) is 0 Å². The molecule has 2 aromatic rings. The maximum absolute atomic E-state index is 13.1. The fraction of sp³-hybridized carbons (Fsp3) is 0.154. The van der Waals surface area contributed by atoms with Crippen LogP contribution in [0.15, 0.2) is 34.1 Å². The number of amides is 1. The second kappa shape index (κ2) is 6.31. The number of nitro benzene ring substituents is 1. The van der Waals surface area contributed by atoms with Gasteiger partial charge in [-0.15, -0.1) is 11.3 Å². The normalized spacial score (nSPS) is 10.4. The summed E-state index contributed by atoms with van der Waals surface area (Å²) in [6.07, 6.45) is 0. The van der Waals surface area contributed by atoms with Gasteiger partial charge in [-0.05, 0) is 34.1 Å². The van der Waals surface area contributed by atoms with Crippen molar-refractivity contribution in [2.75, 3.05) is 7.05 Å². The van der Waals surface area contributed by atoms with Crippen LogP contribution in [0.3, 0.4) is 0 Å². The average Bonchev–Trinajstić information content (AvgIpc) is 2.83. The van der Waals surface area contributed by atoms with Gasteiger partial charge in [0.2, 0.25) is 0 Å². The molecule has 0 bridgehead atoms. The maximum atomic E-state index is 13.1. The summed E-state index contributed by atoms with van der Waals surface area (Å²) in [7, 11) is 1.54. The molecule has 0 saturated carbocycles. The molecule has 0 aliphatic rings. The van der Waals surface area contributed by atoms with Gasteiger partial charge < -0.3 is 4.90 Å². The van der Waals surface area contributed by atoms with E-state index in [1.807, 2.05) is 11.4 Å². The minimum atomic E-state index is -0.758. The molecule has 0 fully saturated rings. The highest BCUT2D eigenvalue weighted by Crippen LogP contribution is 2.24. The number of nitrogens with zero attached hydrogens (tertiary/aromatic N) is 2. The highest BCUT2D eigenvalue weighted by molar-refractivity contribution is 9.10. The van der Waals surface area contributed by atoms with Gasteiger partial charge in [0.05, 0.1) is 17.5 Å². The van der Waals surface area contributed by atoms with Crippen LogP contribution in [0, 0.1) is 15.9 Å². The van der Waals surface area contributed by atoms with Gasteiger partial charge in [-0.1, -0.05) is 0 Å². The first kappa shape index (κ1) is 15.6. The zero-order valence-corrected chi connectivity index (χ0v) is 13.3. The van der Waals surface area contributed by atoms with Gasteiger partial charge in [0.1, 0.15) is 11.4 Å². The summed E-state index contributed by atoms with van der Waals surface area (Å²) in [5.74, 6) is -1.27. The van der Waals surface area contributed by atoms with E-state index in [1.54, 1.807) is 7.05 Å². The van der Waals surface area contributed by atoms with Crippen LogP contribution in [-0.2, 0) is 6.54 Å². The summed E-state index contributed by atoms with van der Waals surface area (Å²) in [5.41, 5.74) is -0.654. The minimum Gasteiger partial charge on any atom is -0.336 e. The Balaban J connectivity index is 2.25. The standard InChI is InChI=1S/C13H10BrFN2O3S/c1-16(6-10-4-8(14)7-21-10)13(18)11-3-2-9(15)5-12(11)17(19)20/h2-5,7H,6H2,1H3. The first-order valence-corrected chi connectivity index (χ1v) is 7.48. The Kier molecular flexibility index (Phi) is 4.69. The van der Waals surface area contributed by atoms with Crippen LogP contribution in [0.5, 0.6) is 0 Å². The number of benzene rings is 1. The van der Waals surface area contributed by atoms with Crippen molar-refractivity contribution >= 4 is 38.9 Å². The van der Waals surface area contributed by atoms with Gasteiger partial charge in [0.25, 0.3) is 11.6 Å². The van der Waals surface area contributed by atoms with Crippen molar-refractivity contribution < 1.29 is 14.1 Å². The SMILES string of the molecule is CN(Cc1cc(Br)cs1)C(=O)c1ccc(F)cc1[N+](=O)[O-]. The average molecular weight is 373 g/mol. The molecule has 0 spiro atoms. The predicted molar refractivity (Wildman–Crippen MR) is 80.9 cm³/mol. The van der Waals surface area contributed by atoms with Crippen LogP contribution in [-0.4, -0.2) is 22.8 Å². The highest BCUT2D eigenvalue weighted by atomic mass is 79.9. The third-order valence-corrected chi connectivity index (χ3v) is 4.43. The van der Waals surface area contributed by atoms with E-state index in [4.69, 9.17) is 0 Å². The Morgan fingerprint density at radius 3 is 2.76 bits per heavy atom. The molecule has 0 atom stereocenters. The van der Waals surface area contributed by atoms with Crippen molar-refractivity contribution in [2.24, 2.45) is 0 Å². The number of carbonyl (C=O) groups excluding carboxylic acids is 1. The van der Waals surface area contributed by atoms with Crippen molar-refractivity contribution in [3.8, 4) is 0 Å². The molecule has 1 heterocycles. The van der Waals surface area contributed by atoms with E-state index in [1.165, 1.54) is 16.2 Å². The molecule has 1 aromatic carbocycles. The fourth-order valence-corrected chi connectivity index (χ4v) is 3.29. The van der Waals surface area contributed by atoms with Crippen LogP contribution in [0.4, 0.5) is 10.1 Å². The maximum Gasteiger partial charge on any atom is 0.285 e. The Bertz CT molecular complexity index is 704. The quantitative estimate of drug-likeness (QED) is 0.605. The molecular weight excluding hydrogens is 363 g/mol. The Hall–Kier alpha value is -1.80. The van der Waals surface area contributed by atoms with E-state index >= 15 is 0 Å². The number of thiophene rings is 1. The second-order valence-corrected chi connectivity index (χ2v) is 6.22. The molecule has 110 valence electrons. The number of halogens is 2. The summed E-state index contributed by atoms with van der Waals surface area (Å²) in [6, 6.07) is 4.79. The van der Waals surface area contributed by atoms with Crippen LogP contribution < -0.4 is 0 Å². The summed E-state index contributed by atoms with van der Waals surface area (Å²) in [5, 5.41) is 12.8. The molecular formula is C13H10BrFN2O3S. The minimum absolute atomic E-state index is 0.125. The smallest absolute Gasteiger partial charge is 0.285 e. The molecule has 0 aliphatic heterocycles. The van der Waals surface area contributed by atoms with Gasteiger partial charge in [-0.3, -0.25) is 14.9 Å². The second-order valence-electron chi connectivity index (χ2n) is 4.31. The van der Waals surface area contributed by atoms with Gasteiger partial charge in [0.15, 0.2) is 0 Å². The van der Waals surface area contributed by atoms with E-state index in [2.05, 4.69) is 15.9 Å². The van der Waals surface area contributed by atoms with Crippen LogP contribution in [0.25, 0.3) is 0 Å². The zero-order chi connectivity index (χ0) is 15.6. The fourth-order valence-electron chi connectivity index (χ4n) is 1.78. The molecule has 0 unspecified atom stereocenters. The Morgan fingerprint density at radius 2 is 2.19 bits per heavy atom. The monoisotopic (exact) mass is 372 g/mol. The zero-order valence-electron chi connectivity index (χ0n) is 10.9. The highest BCUT2D eigenvalue weighted by Gasteiger charge is 2.23. The van der Waals surface area contributed by atoms with E-state index in [0.29, 0.717) is 6.54 Å². The number of hydrogen-bond donors (Lipinski definition) is 0. The van der Waals surface area contributed by atoms with E-state index < -0.39 is 22.3 Å². The number of rotatable bonds is 4. The number of hydrogen-bond acceptors (Lipinski definition) is 4. The van der Waals surface area contributed by atoms with Crippen LogP contribution >= 0.6 is 27.3 Å². The molecule has 0 radical (unpaired) electrons. The lowest BCUT2D eigenvalue weighted by Crippen LogP contribution is -2.26. The van der Waals surface area contributed by atoms with Crippen LogP contribution in [0.1, 0.15) is 15.2 Å². The van der Waals surface area contributed by atoms with E-state index in [0.717, 1.165) is 27.5 Å². The first-order chi connectivity index (χ1) is 9.88. The summed E-state index contributed by atoms with van der Waals surface area (Å²) < 4.78 is 14.0. The molecule has 8 heteroatoms. The molecule has 5 nitrogen and oxygen atoms in total. The number of carbonyl (C=O) groups is 1. The third kappa shape index (κ3) is 3.64. The molecule has 0 N–H and O–H groups in total. The topological polar surface area (TPSA) is 63.5 Å². The molecule has 21 heavy (non-hydrogen) atoms. The first-order valence-electron chi connectivity index (χ1n) is 5.81. The Morgan fingerprint density at radius 1 is 1.48 bits per heavy atom. The lowest BCUT2D eigenvalue weighted by molar-refractivity contribution is -0.385. The van der Waals surface area contributed by atoms with Crippen molar-refractivity contribution in [3.63, 3.8) is 0 Å². The predicted octanol–water partition coefficient (Wildman–Crippen LogP) is 3.83. The largest absolute Gasteiger partial charge is 0.336 e. The summed E-state index contributed by atoms with van der Waals surface area (Å²) >= 11 is 4.79. The number of nitro groups is 1. The van der Waals surface area contributed by atoms with Crippen molar-refractivity contribution in [3.05, 3.63) is 60.5 Å². The van der Waals surface area contributed by atoms with Gasteiger partial charge in [0, 0.05) is 21.8 Å². The molecule has 1 amide bonds. The van der Waals surface area contributed by atoms with Crippen LogP contribution in [0.2, 0.25) is 0 Å². The lowest BCUT2D eigenvalue weighted by atomic mass is 10.1. The van der Waals surface area contributed by atoms with Crippen molar-refractivity contribution in [2.45, 2.75) is 6.54 Å². The lowest BCUT2D eigenvalue weighted by Gasteiger charge is -2.16. The summed E-state index contributed by atoms with van der Waals surface area (Å²) in [6.45, 7) is 0.323. The third-order valence-electron chi connectivity index (χ3n) is 2.75. The van der Waals surface area contributed by atoms with Crippen molar-refractivity contribution in [1.29, 1.82) is 0 Å². The molecule has 0 aliphatic carbocycles. The molecule has 2 rings (SSSR count). The molecule has 1 aromatic heterocycles. The molecule has 0 saturated heterocycles. The van der Waals surface area contributed by atoms with E-state index in [-0.39, 0.29) is 5.56 Å². The van der Waals surface area contributed by atoms with Gasteiger partial charge in [-0.25, -0.2) is 4.39 Å². The summed E-state index contributed by atoms with van der Waals surface area (Å²) in [4.78, 5) is 24.7. The Labute approximate surface area is 132 Å².